The van der Waals surface area contributed by atoms with Gasteiger partial charge in [-0.25, -0.2) is 4.79 Å². The van der Waals surface area contributed by atoms with Gasteiger partial charge in [0.2, 0.25) is 0 Å². The van der Waals surface area contributed by atoms with Gasteiger partial charge in [0, 0.05) is 6.42 Å². The summed E-state index contributed by atoms with van der Waals surface area (Å²) in [6.07, 6.45) is 39.0. The molecule has 50 heavy (non-hydrogen) atoms. The first-order valence-electron chi connectivity index (χ1n) is 22.2. The summed E-state index contributed by atoms with van der Waals surface area (Å²) in [5.41, 5.74) is 2.73. The highest BCUT2D eigenvalue weighted by Crippen LogP contribution is 2.72. The fourth-order valence-corrected chi connectivity index (χ4v) is 12.1. The number of allylic oxidation sites excluding steroid dienone is 3. The quantitative estimate of drug-likeness (QED) is 0.0643. The predicted octanol–water partition coefficient (Wildman–Crippen LogP) is 15.0. The molecule has 288 valence electrons. The second-order valence-electron chi connectivity index (χ2n) is 19.0. The van der Waals surface area contributed by atoms with Crippen molar-refractivity contribution in [3.8, 4) is 0 Å². The van der Waals surface area contributed by atoms with Crippen molar-refractivity contribution in [2.45, 2.75) is 215 Å². The Kier molecular flexibility index (Phi) is 16.8. The molecular weight excluding hydrogens is 613 g/mol. The van der Waals surface area contributed by atoms with E-state index >= 15 is 0 Å². The molecule has 0 aromatic rings. The molecule has 0 heterocycles. The zero-order valence-electron chi connectivity index (χ0n) is 34.3. The van der Waals surface area contributed by atoms with E-state index in [1.165, 1.54) is 128 Å². The summed E-state index contributed by atoms with van der Waals surface area (Å²) < 4.78 is 11.5. The van der Waals surface area contributed by atoms with Crippen LogP contribution < -0.4 is 0 Å². The molecule has 3 heteroatoms. The molecule has 0 saturated heterocycles. The van der Waals surface area contributed by atoms with Crippen LogP contribution in [0.5, 0.6) is 0 Å². The maximum Gasteiger partial charge on any atom is 0.508 e. The number of carbonyl (C=O) groups excluding carboxylic acids is 1. The maximum absolute atomic E-state index is 12.7. The van der Waals surface area contributed by atoms with Crippen molar-refractivity contribution in [2.24, 2.45) is 45.8 Å². The SMILES string of the molecule is CCCCCCCC/C=C/CCCCCCCCOC(=O)O[C@H]1CC[C@@]2(C)C(=CC[C@@]3(C)[C@@H]4CC[C@H]([C@H](C)CCCC(C)C)[C@@]4(C)CC[C@@H]32)C1. The molecule has 4 aliphatic carbocycles. The average molecular weight is 695 g/mol. The van der Waals surface area contributed by atoms with Gasteiger partial charge in [0.1, 0.15) is 6.10 Å². The second-order valence-corrected chi connectivity index (χ2v) is 19.0. The average Bonchev–Trinajstić information content (AvgIpc) is 3.44. The first-order chi connectivity index (χ1) is 24.0. The summed E-state index contributed by atoms with van der Waals surface area (Å²) in [6.45, 7) is 18.1. The minimum absolute atomic E-state index is 0.0255. The summed E-state index contributed by atoms with van der Waals surface area (Å²) in [5.74, 6) is 4.16. The van der Waals surface area contributed by atoms with Gasteiger partial charge in [-0.05, 0) is 123 Å². The van der Waals surface area contributed by atoms with E-state index in [9.17, 15) is 4.79 Å². The number of hydrogen-bond acceptors (Lipinski definition) is 3. The summed E-state index contributed by atoms with van der Waals surface area (Å²) >= 11 is 0. The third-order valence-electron chi connectivity index (χ3n) is 15.0. The molecule has 0 aromatic carbocycles. The minimum atomic E-state index is -0.444. The van der Waals surface area contributed by atoms with Crippen molar-refractivity contribution in [2.75, 3.05) is 6.61 Å². The summed E-state index contributed by atoms with van der Waals surface area (Å²) in [4.78, 5) is 12.7. The van der Waals surface area contributed by atoms with Gasteiger partial charge >= 0.3 is 6.16 Å². The van der Waals surface area contributed by atoms with Crippen LogP contribution in [0.25, 0.3) is 0 Å². The van der Waals surface area contributed by atoms with Crippen LogP contribution in [0, 0.1) is 45.8 Å². The van der Waals surface area contributed by atoms with Crippen LogP contribution >= 0.6 is 0 Å². The number of hydrogen-bond donors (Lipinski definition) is 0. The molecule has 4 aliphatic rings. The molecule has 3 nitrogen and oxygen atoms in total. The zero-order chi connectivity index (χ0) is 36.0. The third-order valence-corrected chi connectivity index (χ3v) is 15.0. The lowest BCUT2D eigenvalue weighted by atomic mass is 9.41. The van der Waals surface area contributed by atoms with Gasteiger partial charge in [-0.1, -0.05) is 149 Å². The van der Waals surface area contributed by atoms with Crippen molar-refractivity contribution in [3.05, 3.63) is 23.8 Å². The van der Waals surface area contributed by atoms with Crippen LogP contribution in [0.15, 0.2) is 23.8 Å². The fraction of sp³-hybridized carbons (Fsp3) is 0.894. The lowest BCUT2D eigenvalue weighted by Gasteiger charge is -2.63. The van der Waals surface area contributed by atoms with E-state index in [-0.39, 0.29) is 11.5 Å². The van der Waals surface area contributed by atoms with E-state index in [1.807, 2.05) is 0 Å². The molecule has 0 spiro atoms. The van der Waals surface area contributed by atoms with Gasteiger partial charge in [-0.2, -0.15) is 0 Å². The summed E-state index contributed by atoms with van der Waals surface area (Å²) in [7, 11) is 0. The normalized spacial score (nSPS) is 32.8. The number of unbranched alkanes of at least 4 members (excludes halogenated alkanes) is 12. The smallest absolute Gasteiger partial charge is 0.434 e. The highest BCUT2D eigenvalue weighted by Gasteiger charge is 2.64. The first-order valence-corrected chi connectivity index (χ1v) is 22.2. The molecule has 0 aliphatic heterocycles. The Morgan fingerprint density at radius 2 is 1.42 bits per heavy atom. The fourth-order valence-electron chi connectivity index (χ4n) is 12.1. The molecule has 0 bridgehead atoms. The number of fused-ring (bicyclic) bond motifs is 5. The Labute approximate surface area is 311 Å². The molecule has 0 aromatic heterocycles. The van der Waals surface area contributed by atoms with Crippen LogP contribution in [0.2, 0.25) is 0 Å². The number of ether oxygens (including phenoxy) is 2. The standard InChI is InChI=1S/C47H82O3/c1-8-9-10-11-12-13-14-15-16-17-18-19-20-21-22-23-35-49-44(48)50-40-30-33-45(5)39(36-40)29-32-47(7)42-28-27-41(38(4)26-24-25-37(2)3)46(42,6)34-31-43(45)47/h15-16,29,37-38,40-43H,8-14,17-28,30-36H2,1-7H3/b16-15+/t38-,40+,41-,42-,43-,45+,46-,47+/m1/s1. The molecular formula is C47H82O3. The van der Waals surface area contributed by atoms with Gasteiger partial charge in [0.15, 0.2) is 0 Å². The third kappa shape index (κ3) is 10.9. The maximum atomic E-state index is 12.7. The molecule has 3 fully saturated rings. The Morgan fingerprint density at radius 3 is 2.10 bits per heavy atom. The van der Waals surface area contributed by atoms with E-state index in [0.717, 1.165) is 61.7 Å². The van der Waals surface area contributed by atoms with E-state index < -0.39 is 6.16 Å². The molecule has 3 saturated carbocycles. The molecule has 8 atom stereocenters. The van der Waals surface area contributed by atoms with Gasteiger partial charge in [-0.15, -0.1) is 0 Å². The Hall–Kier alpha value is -1.25. The Bertz CT molecular complexity index is 1060. The van der Waals surface area contributed by atoms with Crippen molar-refractivity contribution in [3.63, 3.8) is 0 Å². The predicted molar refractivity (Wildman–Crippen MR) is 213 cm³/mol. The van der Waals surface area contributed by atoms with Crippen LogP contribution in [0.3, 0.4) is 0 Å². The number of carbonyl (C=O) groups is 1. The second kappa shape index (κ2) is 20.3. The first kappa shape index (κ1) is 41.5. The van der Waals surface area contributed by atoms with Gasteiger partial charge in [-0.3, -0.25) is 0 Å². The van der Waals surface area contributed by atoms with Crippen LogP contribution in [-0.2, 0) is 9.47 Å². The highest BCUT2D eigenvalue weighted by molar-refractivity contribution is 5.60. The van der Waals surface area contributed by atoms with E-state index in [2.05, 4.69) is 66.7 Å². The highest BCUT2D eigenvalue weighted by atomic mass is 16.7. The molecule has 0 N–H and O–H groups in total. The zero-order valence-corrected chi connectivity index (χ0v) is 34.3. The summed E-state index contributed by atoms with van der Waals surface area (Å²) in [6, 6.07) is 0. The lowest BCUT2D eigenvalue weighted by Crippen LogP contribution is -2.56. The Morgan fingerprint density at radius 1 is 0.760 bits per heavy atom. The van der Waals surface area contributed by atoms with Crippen molar-refractivity contribution >= 4 is 6.16 Å². The van der Waals surface area contributed by atoms with Crippen LogP contribution in [0.1, 0.15) is 209 Å². The van der Waals surface area contributed by atoms with E-state index in [0.29, 0.717) is 17.4 Å². The largest absolute Gasteiger partial charge is 0.508 e. The number of rotatable bonds is 22. The van der Waals surface area contributed by atoms with Gasteiger partial charge < -0.3 is 9.47 Å². The summed E-state index contributed by atoms with van der Waals surface area (Å²) in [5, 5.41) is 0. The Balaban J connectivity index is 1.11. The monoisotopic (exact) mass is 695 g/mol. The molecule has 0 radical (unpaired) electrons. The van der Waals surface area contributed by atoms with Crippen molar-refractivity contribution < 1.29 is 14.3 Å². The molecule has 4 rings (SSSR count). The topological polar surface area (TPSA) is 35.5 Å². The molecule has 0 amide bonds. The van der Waals surface area contributed by atoms with Crippen LogP contribution in [-0.4, -0.2) is 18.9 Å². The van der Waals surface area contributed by atoms with E-state index in [4.69, 9.17) is 9.47 Å². The van der Waals surface area contributed by atoms with Crippen LogP contribution in [0.4, 0.5) is 4.79 Å². The van der Waals surface area contributed by atoms with Gasteiger partial charge in [0.05, 0.1) is 6.61 Å². The minimum Gasteiger partial charge on any atom is -0.434 e. The van der Waals surface area contributed by atoms with Crippen molar-refractivity contribution in [1.82, 2.24) is 0 Å². The lowest BCUT2D eigenvalue weighted by molar-refractivity contribution is -0.115. The van der Waals surface area contributed by atoms with Gasteiger partial charge in [0.25, 0.3) is 0 Å². The van der Waals surface area contributed by atoms with Crippen molar-refractivity contribution in [1.29, 1.82) is 0 Å². The molecule has 0 unspecified atom stereocenters. The van der Waals surface area contributed by atoms with E-state index in [1.54, 1.807) is 5.57 Å².